The summed E-state index contributed by atoms with van der Waals surface area (Å²) in [6, 6.07) is 5.48. The number of thioether (sulfide) groups is 1. The smallest absolute Gasteiger partial charge is 0.220 e. The van der Waals surface area contributed by atoms with Crippen LogP contribution < -0.4 is 14.8 Å². The van der Waals surface area contributed by atoms with Crippen LogP contribution in [0.1, 0.15) is 19.8 Å². The SMILES string of the molecule is CCNC(=O)CCCSc1nnnn1-c1ccc(OC)c(OC)c1. The maximum Gasteiger partial charge on any atom is 0.220 e. The number of ether oxygens (including phenoxy) is 2. The highest BCUT2D eigenvalue weighted by atomic mass is 32.2. The zero-order chi connectivity index (χ0) is 17.4. The van der Waals surface area contributed by atoms with Gasteiger partial charge in [-0.1, -0.05) is 11.8 Å². The highest BCUT2D eigenvalue weighted by Gasteiger charge is 2.12. The van der Waals surface area contributed by atoms with Crippen LogP contribution in [0.4, 0.5) is 0 Å². The molecule has 0 spiro atoms. The molecule has 2 aromatic rings. The number of nitrogens with zero attached hydrogens (tertiary/aromatic N) is 4. The summed E-state index contributed by atoms with van der Waals surface area (Å²) in [5, 5.41) is 15.2. The Morgan fingerprint density at radius 2 is 2.08 bits per heavy atom. The third-order valence-corrected chi connectivity index (χ3v) is 4.21. The van der Waals surface area contributed by atoms with Crippen LogP contribution in [0.5, 0.6) is 11.5 Å². The second kappa shape index (κ2) is 9.11. The standard InChI is InChI=1S/C15H21N5O3S/c1-4-16-14(21)6-5-9-24-15-17-18-19-20(15)11-7-8-12(22-2)13(10-11)23-3/h7-8,10H,4-6,9H2,1-3H3,(H,16,21). The number of aromatic nitrogens is 4. The molecule has 8 nitrogen and oxygen atoms in total. The topological polar surface area (TPSA) is 91.2 Å². The minimum absolute atomic E-state index is 0.0672. The van der Waals surface area contributed by atoms with Gasteiger partial charge in [0.2, 0.25) is 11.1 Å². The molecule has 0 saturated heterocycles. The third-order valence-electron chi connectivity index (χ3n) is 3.21. The minimum Gasteiger partial charge on any atom is -0.493 e. The summed E-state index contributed by atoms with van der Waals surface area (Å²) >= 11 is 1.51. The molecule has 0 aliphatic rings. The summed E-state index contributed by atoms with van der Waals surface area (Å²) in [7, 11) is 3.17. The van der Waals surface area contributed by atoms with Crippen molar-refractivity contribution in [3.63, 3.8) is 0 Å². The summed E-state index contributed by atoms with van der Waals surface area (Å²) in [5.41, 5.74) is 0.781. The fraction of sp³-hybridized carbons (Fsp3) is 0.467. The number of carbonyl (C=O) groups excluding carboxylic acids is 1. The van der Waals surface area contributed by atoms with Gasteiger partial charge < -0.3 is 14.8 Å². The van der Waals surface area contributed by atoms with Gasteiger partial charge in [-0.15, -0.1) is 5.10 Å². The van der Waals surface area contributed by atoms with Crippen molar-refractivity contribution in [1.82, 2.24) is 25.5 Å². The van der Waals surface area contributed by atoms with E-state index in [0.29, 0.717) is 29.6 Å². The van der Waals surface area contributed by atoms with E-state index in [2.05, 4.69) is 20.8 Å². The predicted molar refractivity (Wildman–Crippen MR) is 90.9 cm³/mol. The van der Waals surface area contributed by atoms with E-state index >= 15 is 0 Å². The van der Waals surface area contributed by atoms with Crippen molar-refractivity contribution in [2.75, 3.05) is 26.5 Å². The highest BCUT2D eigenvalue weighted by Crippen LogP contribution is 2.30. The largest absolute Gasteiger partial charge is 0.493 e. The van der Waals surface area contributed by atoms with Gasteiger partial charge in [0, 0.05) is 24.8 Å². The van der Waals surface area contributed by atoms with Gasteiger partial charge in [-0.2, -0.15) is 4.68 Å². The number of hydrogen-bond acceptors (Lipinski definition) is 7. The van der Waals surface area contributed by atoms with Gasteiger partial charge in [0.15, 0.2) is 11.5 Å². The summed E-state index contributed by atoms with van der Waals surface area (Å²) in [4.78, 5) is 11.4. The molecule has 1 amide bonds. The molecular weight excluding hydrogens is 330 g/mol. The maximum absolute atomic E-state index is 11.4. The Labute approximate surface area is 144 Å². The molecule has 0 radical (unpaired) electrons. The van der Waals surface area contributed by atoms with Crippen molar-refractivity contribution in [1.29, 1.82) is 0 Å². The van der Waals surface area contributed by atoms with E-state index in [0.717, 1.165) is 17.9 Å². The van der Waals surface area contributed by atoms with Gasteiger partial charge >= 0.3 is 0 Å². The number of rotatable bonds is 9. The molecule has 0 fully saturated rings. The van der Waals surface area contributed by atoms with Crippen LogP contribution in [0.3, 0.4) is 0 Å². The fourth-order valence-electron chi connectivity index (χ4n) is 2.07. The summed E-state index contributed by atoms with van der Waals surface area (Å²) in [6.07, 6.45) is 1.26. The highest BCUT2D eigenvalue weighted by molar-refractivity contribution is 7.99. The zero-order valence-electron chi connectivity index (χ0n) is 14.0. The first-order valence-corrected chi connectivity index (χ1v) is 8.58. The van der Waals surface area contributed by atoms with E-state index < -0.39 is 0 Å². The molecule has 1 heterocycles. The lowest BCUT2D eigenvalue weighted by Gasteiger charge is -2.10. The van der Waals surface area contributed by atoms with Gasteiger partial charge in [0.25, 0.3) is 0 Å². The first-order chi connectivity index (χ1) is 11.7. The lowest BCUT2D eigenvalue weighted by atomic mass is 10.3. The van der Waals surface area contributed by atoms with Gasteiger partial charge in [-0.3, -0.25) is 4.79 Å². The molecule has 0 aliphatic heterocycles. The van der Waals surface area contributed by atoms with Crippen LogP contribution >= 0.6 is 11.8 Å². The molecule has 0 saturated carbocycles. The first kappa shape index (κ1) is 18.1. The average Bonchev–Trinajstić information content (AvgIpc) is 3.06. The van der Waals surface area contributed by atoms with Crippen molar-refractivity contribution in [2.45, 2.75) is 24.9 Å². The molecule has 130 valence electrons. The zero-order valence-corrected chi connectivity index (χ0v) is 14.8. The quantitative estimate of drug-likeness (QED) is 0.543. The van der Waals surface area contributed by atoms with Gasteiger partial charge in [-0.05, 0) is 35.9 Å². The number of amides is 1. The van der Waals surface area contributed by atoms with Gasteiger partial charge in [-0.25, -0.2) is 0 Å². The van der Waals surface area contributed by atoms with Gasteiger partial charge in [0.1, 0.15) is 0 Å². The van der Waals surface area contributed by atoms with E-state index in [4.69, 9.17) is 9.47 Å². The normalized spacial score (nSPS) is 10.5. The molecule has 9 heteroatoms. The van der Waals surface area contributed by atoms with Crippen LogP contribution in [0.15, 0.2) is 23.4 Å². The molecule has 1 aromatic heterocycles. The summed E-state index contributed by atoms with van der Waals surface area (Å²) in [5.74, 6) is 2.07. The Hall–Kier alpha value is -2.29. The summed E-state index contributed by atoms with van der Waals surface area (Å²) < 4.78 is 12.2. The van der Waals surface area contributed by atoms with E-state index in [1.54, 1.807) is 25.0 Å². The van der Waals surface area contributed by atoms with Crippen LogP contribution in [0.2, 0.25) is 0 Å². The van der Waals surface area contributed by atoms with Crippen LogP contribution in [-0.2, 0) is 4.79 Å². The Balaban J connectivity index is 2.01. The van der Waals surface area contributed by atoms with E-state index in [-0.39, 0.29) is 5.91 Å². The molecule has 0 unspecified atom stereocenters. The molecular formula is C15H21N5O3S. The predicted octanol–water partition coefficient (Wildman–Crippen LogP) is 1.69. The molecule has 1 aromatic carbocycles. The molecule has 2 rings (SSSR count). The van der Waals surface area contributed by atoms with E-state index in [9.17, 15) is 4.79 Å². The maximum atomic E-state index is 11.4. The molecule has 0 aliphatic carbocycles. The number of methoxy groups -OCH3 is 2. The van der Waals surface area contributed by atoms with E-state index in [1.807, 2.05) is 19.1 Å². The van der Waals surface area contributed by atoms with Crippen molar-refractivity contribution >= 4 is 17.7 Å². The van der Waals surface area contributed by atoms with Crippen molar-refractivity contribution < 1.29 is 14.3 Å². The number of tetrazole rings is 1. The van der Waals surface area contributed by atoms with Crippen LogP contribution in [0, 0.1) is 0 Å². The number of nitrogens with one attached hydrogen (secondary N) is 1. The fourth-order valence-corrected chi connectivity index (χ4v) is 2.90. The molecule has 0 atom stereocenters. The number of carbonyl (C=O) groups is 1. The summed E-state index contributed by atoms with van der Waals surface area (Å²) in [6.45, 7) is 2.56. The van der Waals surface area contributed by atoms with Gasteiger partial charge in [0.05, 0.1) is 19.9 Å². The molecule has 0 bridgehead atoms. The number of benzene rings is 1. The van der Waals surface area contributed by atoms with Crippen LogP contribution in [0.25, 0.3) is 5.69 Å². The molecule has 1 N–H and O–H groups in total. The number of hydrogen-bond donors (Lipinski definition) is 1. The van der Waals surface area contributed by atoms with E-state index in [1.165, 1.54) is 11.8 Å². The monoisotopic (exact) mass is 351 g/mol. The molecule has 24 heavy (non-hydrogen) atoms. The minimum atomic E-state index is 0.0672. The van der Waals surface area contributed by atoms with Crippen molar-refractivity contribution in [3.05, 3.63) is 18.2 Å². The Morgan fingerprint density at radius 3 is 2.79 bits per heavy atom. The Kier molecular flexibility index (Phi) is 6.86. The average molecular weight is 351 g/mol. The second-order valence-corrected chi connectivity index (χ2v) is 5.88. The second-order valence-electron chi connectivity index (χ2n) is 4.82. The Bertz CT molecular complexity index is 677. The lowest BCUT2D eigenvalue weighted by Crippen LogP contribution is -2.22. The Morgan fingerprint density at radius 1 is 1.29 bits per heavy atom. The van der Waals surface area contributed by atoms with Crippen LogP contribution in [-0.4, -0.2) is 52.6 Å². The lowest BCUT2D eigenvalue weighted by molar-refractivity contribution is -0.120. The van der Waals surface area contributed by atoms with Crippen molar-refractivity contribution in [3.8, 4) is 17.2 Å². The third kappa shape index (κ3) is 4.60. The first-order valence-electron chi connectivity index (χ1n) is 7.59. The van der Waals surface area contributed by atoms with Crippen molar-refractivity contribution in [2.24, 2.45) is 0 Å².